The number of rotatable bonds is 7. The van der Waals surface area contributed by atoms with E-state index >= 15 is 0 Å². The van der Waals surface area contributed by atoms with Crippen LogP contribution in [0.4, 0.5) is 0 Å². The molecule has 0 radical (unpaired) electrons. The highest BCUT2D eigenvalue weighted by Gasteiger charge is 2.10. The van der Waals surface area contributed by atoms with E-state index in [0.29, 0.717) is 12.4 Å². The second kappa shape index (κ2) is 6.91. The van der Waals surface area contributed by atoms with Crippen LogP contribution in [0.25, 0.3) is 0 Å². The minimum Gasteiger partial charge on any atom is -0.491 e. The quantitative estimate of drug-likeness (QED) is 0.789. The summed E-state index contributed by atoms with van der Waals surface area (Å²) in [7, 11) is 0. The summed E-state index contributed by atoms with van der Waals surface area (Å²) in [6.07, 6.45) is 0. The molecule has 0 atom stereocenters. The van der Waals surface area contributed by atoms with Crippen molar-refractivity contribution in [3.8, 4) is 5.75 Å². The Morgan fingerprint density at radius 2 is 1.94 bits per heavy atom. The summed E-state index contributed by atoms with van der Waals surface area (Å²) in [6.45, 7) is 7.44. The van der Waals surface area contributed by atoms with Crippen molar-refractivity contribution < 1.29 is 14.6 Å². The van der Waals surface area contributed by atoms with E-state index in [0.717, 1.165) is 19.6 Å². The lowest BCUT2D eigenvalue weighted by molar-refractivity contribution is 0.0691. The molecule has 1 aromatic rings. The Bertz CT molecular complexity index is 361. The summed E-state index contributed by atoms with van der Waals surface area (Å²) < 4.78 is 5.51. The standard InChI is InChI=1S/C13H19NO3/c1-3-14(4-2)9-10-17-12-8-6-5-7-11(12)13(15)16/h5-8H,3-4,9-10H2,1-2H3,(H,15,16). The minimum atomic E-state index is -0.955. The van der Waals surface area contributed by atoms with Gasteiger partial charge < -0.3 is 14.7 Å². The first-order valence-corrected chi connectivity index (χ1v) is 5.86. The van der Waals surface area contributed by atoms with Gasteiger partial charge in [0.1, 0.15) is 17.9 Å². The number of aromatic carboxylic acids is 1. The molecular weight excluding hydrogens is 218 g/mol. The van der Waals surface area contributed by atoms with Crippen LogP contribution in [0.15, 0.2) is 24.3 Å². The number of carboxylic acids is 1. The molecule has 0 saturated heterocycles. The summed E-state index contributed by atoms with van der Waals surface area (Å²) >= 11 is 0. The van der Waals surface area contributed by atoms with Crippen molar-refractivity contribution in [3.63, 3.8) is 0 Å². The van der Waals surface area contributed by atoms with Crippen LogP contribution in [0.1, 0.15) is 24.2 Å². The van der Waals surface area contributed by atoms with Crippen molar-refractivity contribution in [2.24, 2.45) is 0 Å². The first kappa shape index (κ1) is 13.5. The molecule has 4 nitrogen and oxygen atoms in total. The fourth-order valence-corrected chi connectivity index (χ4v) is 1.59. The first-order chi connectivity index (χ1) is 8.19. The number of carboxylic acid groups (broad SMARTS) is 1. The molecule has 0 heterocycles. The molecule has 0 unspecified atom stereocenters. The van der Waals surface area contributed by atoms with E-state index in [4.69, 9.17) is 9.84 Å². The van der Waals surface area contributed by atoms with E-state index in [-0.39, 0.29) is 5.56 Å². The molecule has 0 spiro atoms. The zero-order valence-corrected chi connectivity index (χ0v) is 10.3. The van der Waals surface area contributed by atoms with Gasteiger partial charge >= 0.3 is 5.97 Å². The lowest BCUT2D eigenvalue weighted by Gasteiger charge is -2.18. The van der Waals surface area contributed by atoms with Gasteiger partial charge in [-0.2, -0.15) is 0 Å². The summed E-state index contributed by atoms with van der Waals surface area (Å²) in [4.78, 5) is 13.2. The fraction of sp³-hybridized carbons (Fsp3) is 0.462. The maximum Gasteiger partial charge on any atom is 0.339 e. The molecule has 0 saturated carbocycles. The molecule has 1 rings (SSSR count). The van der Waals surface area contributed by atoms with Crippen LogP contribution in [0.3, 0.4) is 0 Å². The van der Waals surface area contributed by atoms with E-state index in [1.165, 1.54) is 0 Å². The molecule has 0 bridgehead atoms. The van der Waals surface area contributed by atoms with Gasteiger partial charge in [0.2, 0.25) is 0 Å². The summed E-state index contributed by atoms with van der Waals surface area (Å²) in [6, 6.07) is 6.71. The van der Waals surface area contributed by atoms with Crippen LogP contribution in [0.5, 0.6) is 5.75 Å². The van der Waals surface area contributed by atoms with Crippen LogP contribution in [0.2, 0.25) is 0 Å². The maximum absolute atomic E-state index is 10.9. The number of hydrogen-bond donors (Lipinski definition) is 1. The zero-order chi connectivity index (χ0) is 12.7. The first-order valence-electron chi connectivity index (χ1n) is 5.86. The number of ether oxygens (including phenoxy) is 1. The fourth-order valence-electron chi connectivity index (χ4n) is 1.59. The number of para-hydroxylation sites is 1. The molecule has 0 aliphatic carbocycles. The Hall–Kier alpha value is -1.55. The average molecular weight is 237 g/mol. The van der Waals surface area contributed by atoms with Crippen molar-refractivity contribution >= 4 is 5.97 Å². The predicted octanol–water partition coefficient (Wildman–Crippen LogP) is 2.11. The van der Waals surface area contributed by atoms with E-state index in [9.17, 15) is 4.79 Å². The van der Waals surface area contributed by atoms with E-state index in [2.05, 4.69) is 18.7 Å². The summed E-state index contributed by atoms with van der Waals surface area (Å²) in [5.41, 5.74) is 0.215. The molecular formula is C13H19NO3. The molecule has 0 aliphatic rings. The number of hydrogen-bond acceptors (Lipinski definition) is 3. The smallest absolute Gasteiger partial charge is 0.339 e. The van der Waals surface area contributed by atoms with Crippen molar-refractivity contribution in [1.82, 2.24) is 4.90 Å². The Morgan fingerprint density at radius 3 is 2.53 bits per heavy atom. The van der Waals surface area contributed by atoms with Crippen LogP contribution in [-0.4, -0.2) is 42.2 Å². The SMILES string of the molecule is CCN(CC)CCOc1ccccc1C(=O)O. The molecule has 0 fully saturated rings. The van der Waals surface area contributed by atoms with Gasteiger partial charge in [-0.3, -0.25) is 0 Å². The van der Waals surface area contributed by atoms with E-state index in [1.807, 2.05) is 0 Å². The van der Waals surface area contributed by atoms with E-state index < -0.39 is 5.97 Å². The van der Waals surface area contributed by atoms with E-state index in [1.54, 1.807) is 24.3 Å². The van der Waals surface area contributed by atoms with Crippen LogP contribution in [0, 0.1) is 0 Å². The molecule has 0 aromatic heterocycles. The third-order valence-electron chi connectivity index (χ3n) is 2.68. The topological polar surface area (TPSA) is 49.8 Å². The Morgan fingerprint density at radius 1 is 1.29 bits per heavy atom. The van der Waals surface area contributed by atoms with Crippen LogP contribution in [-0.2, 0) is 0 Å². The highest BCUT2D eigenvalue weighted by Crippen LogP contribution is 2.17. The monoisotopic (exact) mass is 237 g/mol. The lowest BCUT2D eigenvalue weighted by atomic mass is 10.2. The van der Waals surface area contributed by atoms with Crippen molar-refractivity contribution in [3.05, 3.63) is 29.8 Å². The van der Waals surface area contributed by atoms with Gasteiger partial charge in [-0.15, -0.1) is 0 Å². The Balaban J connectivity index is 2.54. The normalized spacial score (nSPS) is 10.5. The third-order valence-corrected chi connectivity index (χ3v) is 2.68. The molecule has 94 valence electrons. The van der Waals surface area contributed by atoms with Gasteiger partial charge in [-0.25, -0.2) is 4.79 Å². The largest absolute Gasteiger partial charge is 0.491 e. The number of likely N-dealkylation sites (N-methyl/N-ethyl adjacent to an activating group) is 1. The van der Waals surface area contributed by atoms with Crippen molar-refractivity contribution in [2.45, 2.75) is 13.8 Å². The molecule has 4 heteroatoms. The van der Waals surface area contributed by atoms with Crippen LogP contribution < -0.4 is 4.74 Å². The van der Waals surface area contributed by atoms with Gasteiger partial charge in [-0.1, -0.05) is 26.0 Å². The second-order valence-corrected chi connectivity index (χ2v) is 3.68. The lowest BCUT2D eigenvalue weighted by Crippen LogP contribution is -2.28. The van der Waals surface area contributed by atoms with Gasteiger partial charge in [-0.05, 0) is 25.2 Å². The van der Waals surface area contributed by atoms with Crippen molar-refractivity contribution in [1.29, 1.82) is 0 Å². The minimum absolute atomic E-state index is 0.215. The molecule has 1 N–H and O–H groups in total. The predicted molar refractivity (Wildman–Crippen MR) is 66.7 cm³/mol. The Labute approximate surface area is 102 Å². The highest BCUT2D eigenvalue weighted by molar-refractivity contribution is 5.90. The van der Waals surface area contributed by atoms with Gasteiger partial charge in [0.15, 0.2) is 0 Å². The van der Waals surface area contributed by atoms with Gasteiger partial charge in [0.05, 0.1) is 0 Å². The molecule has 17 heavy (non-hydrogen) atoms. The summed E-state index contributed by atoms with van der Waals surface area (Å²) in [5.74, 6) is -0.518. The summed E-state index contributed by atoms with van der Waals surface area (Å²) in [5, 5.41) is 8.98. The van der Waals surface area contributed by atoms with Gasteiger partial charge in [0, 0.05) is 6.54 Å². The average Bonchev–Trinajstić information content (AvgIpc) is 2.35. The molecule has 0 aliphatic heterocycles. The number of nitrogens with zero attached hydrogens (tertiary/aromatic N) is 1. The van der Waals surface area contributed by atoms with Gasteiger partial charge in [0.25, 0.3) is 0 Å². The third kappa shape index (κ3) is 4.07. The number of benzene rings is 1. The van der Waals surface area contributed by atoms with Crippen LogP contribution >= 0.6 is 0 Å². The zero-order valence-electron chi connectivity index (χ0n) is 10.3. The maximum atomic E-state index is 10.9. The Kier molecular flexibility index (Phi) is 5.49. The van der Waals surface area contributed by atoms with Crippen molar-refractivity contribution in [2.75, 3.05) is 26.2 Å². The second-order valence-electron chi connectivity index (χ2n) is 3.68. The highest BCUT2D eigenvalue weighted by atomic mass is 16.5. The molecule has 0 amide bonds. The number of carbonyl (C=O) groups is 1. The molecule has 1 aromatic carbocycles.